The Morgan fingerprint density at radius 1 is 0.925 bits per heavy atom. The highest BCUT2D eigenvalue weighted by molar-refractivity contribution is 7.92. The molecule has 0 radical (unpaired) electrons. The van der Waals surface area contributed by atoms with E-state index in [1.807, 2.05) is 13.8 Å². The number of nitrogens with one attached hydrogen (secondary N) is 1. The fourth-order valence-corrected chi connectivity index (χ4v) is 5.61. The Balaban J connectivity index is 2.02. The molecule has 40 heavy (non-hydrogen) atoms. The number of ether oxygens (including phenoxy) is 1. The van der Waals surface area contributed by atoms with Crippen LogP contribution >= 0.6 is 23.2 Å². The van der Waals surface area contributed by atoms with Gasteiger partial charge in [0.05, 0.1) is 17.7 Å². The maximum atomic E-state index is 13.9. The summed E-state index contributed by atoms with van der Waals surface area (Å²) < 4.78 is 33.9. The molecule has 0 aromatic heterocycles. The molecule has 8 nitrogen and oxygen atoms in total. The molecular weight excluding hydrogens is 573 g/mol. The van der Waals surface area contributed by atoms with Crippen LogP contribution in [-0.4, -0.2) is 51.4 Å². The van der Waals surface area contributed by atoms with Gasteiger partial charge < -0.3 is 15.0 Å². The molecule has 1 unspecified atom stereocenters. The van der Waals surface area contributed by atoms with Crippen LogP contribution in [0.5, 0.6) is 5.75 Å². The van der Waals surface area contributed by atoms with Gasteiger partial charge in [0.15, 0.2) is 0 Å². The van der Waals surface area contributed by atoms with Crippen molar-refractivity contribution in [3.8, 4) is 5.75 Å². The van der Waals surface area contributed by atoms with Gasteiger partial charge in [0.25, 0.3) is 10.0 Å². The molecule has 3 aromatic carbocycles. The molecule has 0 saturated carbocycles. The first-order valence-electron chi connectivity index (χ1n) is 12.7. The Labute approximate surface area is 245 Å². The number of amides is 2. The van der Waals surface area contributed by atoms with E-state index in [1.165, 1.54) is 42.3 Å². The predicted octanol–water partition coefficient (Wildman–Crippen LogP) is 5.39. The number of methoxy groups -OCH3 is 1. The molecule has 2 amide bonds. The first-order chi connectivity index (χ1) is 18.9. The normalized spacial score (nSPS) is 12.1. The van der Waals surface area contributed by atoms with Crippen LogP contribution < -0.4 is 14.4 Å². The van der Waals surface area contributed by atoms with Crippen LogP contribution in [0.15, 0.2) is 77.7 Å². The fraction of sp³-hybridized carbons (Fsp3) is 0.310. The maximum absolute atomic E-state index is 13.9. The Bertz CT molecular complexity index is 1430. The smallest absolute Gasteiger partial charge is 0.264 e. The summed E-state index contributed by atoms with van der Waals surface area (Å²) in [6, 6.07) is 18.1. The van der Waals surface area contributed by atoms with Crippen LogP contribution in [-0.2, 0) is 26.2 Å². The minimum absolute atomic E-state index is 0.0493. The summed E-state index contributed by atoms with van der Waals surface area (Å²) in [5, 5.41) is 3.53. The van der Waals surface area contributed by atoms with Gasteiger partial charge in [0, 0.05) is 23.1 Å². The lowest BCUT2D eigenvalue weighted by atomic mass is 10.1. The second-order valence-electron chi connectivity index (χ2n) is 9.63. The quantitative estimate of drug-likeness (QED) is 0.299. The van der Waals surface area contributed by atoms with Gasteiger partial charge in [0.1, 0.15) is 18.3 Å². The molecular formula is C29H33Cl2N3O5S. The Kier molecular flexibility index (Phi) is 10.8. The van der Waals surface area contributed by atoms with E-state index in [0.29, 0.717) is 27.9 Å². The third-order valence-corrected chi connectivity index (χ3v) is 8.39. The monoisotopic (exact) mass is 605 g/mol. The molecule has 0 fully saturated rings. The van der Waals surface area contributed by atoms with Gasteiger partial charge in [-0.1, -0.05) is 55.2 Å². The van der Waals surface area contributed by atoms with Crippen LogP contribution in [0, 0.1) is 5.92 Å². The summed E-state index contributed by atoms with van der Waals surface area (Å²) in [4.78, 5) is 28.3. The van der Waals surface area contributed by atoms with Crippen molar-refractivity contribution < 1.29 is 22.7 Å². The molecule has 214 valence electrons. The molecule has 0 spiro atoms. The van der Waals surface area contributed by atoms with Gasteiger partial charge in [-0.2, -0.15) is 0 Å². The van der Waals surface area contributed by atoms with E-state index in [2.05, 4.69) is 5.32 Å². The highest BCUT2D eigenvalue weighted by Gasteiger charge is 2.32. The van der Waals surface area contributed by atoms with E-state index >= 15 is 0 Å². The van der Waals surface area contributed by atoms with Crippen molar-refractivity contribution in [2.24, 2.45) is 5.92 Å². The predicted molar refractivity (Wildman–Crippen MR) is 158 cm³/mol. The topological polar surface area (TPSA) is 96.0 Å². The molecule has 0 aliphatic rings. The molecule has 3 aromatic rings. The Morgan fingerprint density at radius 3 is 2.23 bits per heavy atom. The third kappa shape index (κ3) is 8.13. The van der Waals surface area contributed by atoms with Crippen molar-refractivity contribution in [3.05, 3.63) is 88.4 Å². The summed E-state index contributed by atoms with van der Waals surface area (Å²) in [6.07, 6.45) is 0. The second kappa shape index (κ2) is 13.9. The number of anilines is 1. The summed E-state index contributed by atoms with van der Waals surface area (Å²) in [5.74, 6) is -0.124. The summed E-state index contributed by atoms with van der Waals surface area (Å²) in [7, 11) is -2.68. The van der Waals surface area contributed by atoms with Crippen LogP contribution in [0.1, 0.15) is 26.3 Å². The number of benzene rings is 3. The number of halogens is 2. The number of carbonyl (C=O) groups excluding carboxylic acids is 2. The van der Waals surface area contributed by atoms with Crippen molar-refractivity contribution in [2.45, 2.75) is 38.3 Å². The fourth-order valence-electron chi connectivity index (χ4n) is 3.90. The number of hydrogen-bond donors (Lipinski definition) is 1. The molecule has 0 aliphatic carbocycles. The number of carbonyl (C=O) groups is 2. The number of sulfonamides is 1. The molecule has 11 heteroatoms. The van der Waals surface area contributed by atoms with E-state index in [-0.39, 0.29) is 29.0 Å². The first kappa shape index (κ1) is 31.3. The lowest BCUT2D eigenvalue weighted by Crippen LogP contribution is -2.51. The zero-order chi connectivity index (χ0) is 29.4. The van der Waals surface area contributed by atoms with Gasteiger partial charge in [-0.15, -0.1) is 0 Å². The van der Waals surface area contributed by atoms with E-state index in [0.717, 1.165) is 4.31 Å². The van der Waals surface area contributed by atoms with Crippen molar-refractivity contribution in [1.29, 1.82) is 0 Å². The molecule has 0 bridgehead atoms. The zero-order valence-electron chi connectivity index (χ0n) is 22.8. The number of rotatable bonds is 12. The SMILES string of the molecule is COc1cccc(CN(C(=O)CN(c2cccc(Cl)c2)S(=O)(=O)c2ccc(Cl)cc2)C(C)C(=O)NCC(C)C)c1. The third-order valence-electron chi connectivity index (χ3n) is 6.12. The Hall–Kier alpha value is -3.27. The van der Waals surface area contributed by atoms with Gasteiger partial charge in [-0.05, 0) is 73.0 Å². The van der Waals surface area contributed by atoms with Crippen LogP contribution in [0.25, 0.3) is 0 Å². The minimum Gasteiger partial charge on any atom is -0.497 e. The summed E-state index contributed by atoms with van der Waals surface area (Å²) >= 11 is 12.2. The van der Waals surface area contributed by atoms with Gasteiger partial charge in [-0.25, -0.2) is 8.42 Å². The summed E-state index contributed by atoms with van der Waals surface area (Å²) in [5.41, 5.74) is 0.917. The molecule has 1 atom stereocenters. The van der Waals surface area contributed by atoms with Crippen molar-refractivity contribution in [2.75, 3.05) is 24.5 Å². The van der Waals surface area contributed by atoms with Crippen molar-refractivity contribution in [1.82, 2.24) is 10.2 Å². The largest absolute Gasteiger partial charge is 0.497 e. The van der Waals surface area contributed by atoms with E-state index in [1.54, 1.807) is 49.4 Å². The average molecular weight is 607 g/mol. The van der Waals surface area contributed by atoms with Gasteiger partial charge in [-0.3, -0.25) is 13.9 Å². The molecule has 0 aliphatic heterocycles. The standard InChI is InChI=1S/C29H33Cl2N3O5S/c1-20(2)17-32-29(36)21(3)33(18-22-7-5-10-26(15-22)39-4)28(35)19-34(25-9-6-8-24(31)16-25)40(37,38)27-13-11-23(30)12-14-27/h5-16,20-21H,17-19H2,1-4H3,(H,32,36). The van der Waals surface area contributed by atoms with Crippen LogP contribution in [0.2, 0.25) is 10.0 Å². The van der Waals surface area contributed by atoms with Crippen LogP contribution in [0.3, 0.4) is 0 Å². The molecule has 3 rings (SSSR count). The van der Waals surface area contributed by atoms with Crippen molar-refractivity contribution >= 4 is 50.7 Å². The Morgan fingerprint density at radius 2 is 1.60 bits per heavy atom. The lowest BCUT2D eigenvalue weighted by molar-refractivity contribution is -0.139. The van der Waals surface area contributed by atoms with Crippen molar-refractivity contribution in [3.63, 3.8) is 0 Å². The first-order valence-corrected chi connectivity index (χ1v) is 14.9. The second-order valence-corrected chi connectivity index (χ2v) is 12.4. The van der Waals surface area contributed by atoms with Gasteiger partial charge in [0.2, 0.25) is 11.8 Å². The number of hydrogen-bond acceptors (Lipinski definition) is 5. The number of nitrogens with zero attached hydrogens (tertiary/aromatic N) is 2. The maximum Gasteiger partial charge on any atom is 0.264 e. The minimum atomic E-state index is -4.22. The van der Waals surface area contributed by atoms with E-state index in [9.17, 15) is 18.0 Å². The van der Waals surface area contributed by atoms with Crippen LogP contribution in [0.4, 0.5) is 5.69 Å². The molecule has 0 saturated heterocycles. The van der Waals surface area contributed by atoms with E-state index in [4.69, 9.17) is 27.9 Å². The zero-order valence-corrected chi connectivity index (χ0v) is 25.1. The lowest BCUT2D eigenvalue weighted by Gasteiger charge is -2.32. The highest BCUT2D eigenvalue weighted by atomic mass is 35.5. The van der Waals surface area contributed by atoms with E-state index < -0.39 is 28.5 Å². The summed E-state index contributed by atoms with van der Waals surface area (Å²) in [6.45, 7) is 5.46. The average Bonchev–Trinajstić information content (AvgIpc) is 2.93. The van der Waals surface area contributed by atoms with Gasteiger partial charge >= 0.3 is 0 Å². The highest BCUT2D eigenvalue weighted by Crippen LogP contribution is 2.27. The molecule has 0 heterocycles. The molecule has 1 N–H and O–H groups in total.